The summed E-state index contributed by atoms with van der Waals surface area (Å²) in [5.74, 6) is 0.953. The summed E-state index contributed by atoms with van der Waals surface area (Å²) >= 11 is 6.39. The molecule has 1 atom stereocenters. The van der Waals surface area contributed by atoms with E-state index in [-0.39, 0.29) is 17.4 Å². The van der Waals surface area contributed by atoms with Crippen molar-refractivity contribution in [2.75, 3.05) is 17.2 Å². The molecule has 5 rings (SSSR count). The van der Waals surface area contributed by atoms with Crippen LogP contribution in [0.3, 0.4) is 0 Å². The number of nitrogens with one attached hydrogen (secondary N) is 2. The number of ketones is 1. The zero-order valence-electron chi connectivity index (χ0n) is 17.3. The minimum atomic E-state index is -0.347. The Morgan fingerprint density at radius 1 is 1.09 bits per heavy atom. The first-order chi connectivity index (χ1) is 15.5. The molecular weight excluding hydrogens is 426 g/mol. The number of carbonyl (C=O) groups is 1. The molecular formula is C24H20ClN5O2. The maximum Gasteiger partial charge on any atom is 0.264 e. The van der Waals surface area contributed by atoms with Crippen LogP contribution in [0.25, 0.3) is 16.5 Å². The standard InChI is InChI=1S/C24H20ClN5O2/c1-14(29-23-21-19(31)10-11-26-22(21)27-13-28-23)18-12-15-6-5-9-17(25)20(15)24(32)30(18)16-7-3-2-4-8-16/h2-9,12-14H,10-11H2,1H3,(H2,26,27,28,29). The average Bonchev–Trinajstić information content (AvgIpc) is 2.79. The molecule has 160 valence electrons. The van der Waals surface area contributed by atoms with E-state index in [9.17, 15) is 9.59 Å². The Labute approximate surface area is 189 Å². The fourth-order valence-corrected chi connectivity index (χ4v) is 4.36. The third-order valence-electron chi connectivity index (χ3n) is 5.61. The largest absolute Gasteiger partial charge is 0.369 e. The molecule has 0 fully saturated rings. The predicted molar refractivity (Wildman–Crippen MR) is 126 cm³/mol. The molecule has 2 N–H and O–H groups in total. The van der Waals surface area contributed by atoms with E-state index < -0.39 is 0 Å². The second kappa shape index (κ2) is 8.09. The Morgan fingerprint density at radius 3 is 2.72 bits per heavy atom. The van der Waals surface area contributed by atoms with Crippen molar-refractivity contribution in [1.82, 2.24) is 14.5 Å². The zero-order valence-corrected chi connectivity index (χ0v) is 18.1. The highest BCUT2D eigenvalue weighted by Crippen LogP contribution is 2.30. The van der Waals surface area contributed by atoms with Crippen molar-refractivity contribution in [3.8, 4) is 5.69 Å². The van der Waals surface area contributed by atoms with Gasteiger partial charge >= 0.3 is 0 Å². The summed E-state index contributed by atoms with van der Waals surface area (Å²) in [6.45, 7) is 2.48. The average molecular weight is 446 g/mol. The van der Waals surface area contributed by atoms with Crippen LogP contribution in [0.2, 0.25) is 5.02 Å². The number of anilines is 2. The number of hydrogen-bond donors (Lipinski definition) is 2. The molecule has 0 amide bonds. The van der Waals surface area contributed by atoms with Crippen molar-refractivity contribution >= 4 is 39.8 Å². The summed E-state index contributed by atoms with van der Waals surface area (Å²) in [5.41, 5.74) is 1.69. The third kappa shape index (κ3) is 3.40. The molecule has 0 saturated heterocycles. The Morgan fingerprint density at radius 2 is 1.91 bits per heavy atom. The first-order valence-corrected chi connectivity index (χ1v) is 10.7. The van der Waals surface area contributed by atoms with Crippen molar-refractivity contribution < 1.29 is 4.79 Å². The van der Waals surface area contributed by atoms with Gasteiger partial charge < -0.3 is 10.6 Å². The van der Waals surface area contributed by atoms with Crippen LogP contribution in [0.4, 0.5) is 11.6 Å². The molecule has 3 heterocycles. The van der Waals surface area contributed by atoms with Gasteiger partial charge in [0.05, 0.1) is 16.5 Å². The van der Waals surface area contributed by atoms with E-state index in [1.54, 1.807) is 10.6 Å². The topological polar surface area (TPSA) is 88.9 Å². The van der Waals surface area contributed by atoms with Gasteiger partial charge in [-0.25, -0.2) is 9.97 Å². The molecule has 0 radical (unpaired) electrons. The number of benzene rings is 2. The first-order valence-electron chi connectivity index (χ1n) is 10.3. The molecule has 1 aliphatic heterocycles. The number of fused-ring (bicyclic) bond motifs is 2. The summed E-state index contributed by atoms with van der Waals surface area (Å²) in [6, 6.07) is 16.4. The van der Waals surface area contributed by atoms with Gasteiger partial charge in [-0.05, 0) is 36.6 Å². The molecule has 7 nitrogen and oxygen atoms in total. The van der Waals surface area contributed by atoms with Gasteiger partial charge in [0.15, 0.2) is 5.78 Å². The lowest BCUT2D eigenvalue weighted by molar-refractivity contribution is 0.0983. The number of carbonyl (C=O) groups excluding carboxylic acids is 1. The molecule has 2 aromatic heterocycles. The van der Waals surface area contributed by atoms with E-state index in [4.69, 9.17) is 11.6 Å². The van der Waals surface area contributed by atoms with Crippen LogP contribution in [0.15, 0.2) is 65.7 Å². The van der Waals surface area contributed by atoms with E-state index in [1.807, 2.05) is 55.5 Å². The van der Waals surface area contributed by atoms with Gasteiger partial charge in [0, 0.05) is 24.3 Å². The minimum absolute atomic E-state index is 0.0141. The first kappa shape index (κ1) is 20.2. The summed E-state index contributed by atoms with van der Waals surface area (Å²) < 4.78 is 1.65. The number of rotatable bonds is 4. The minimum Gasteiger partial charge on any atom is -0.369 e. The smallest absolute Gasteiger partial charge is 0.264 e. The van der Waals surface area contributed by atoms with E-state index in [0.29, 0.717) is 40.6 Å². The number of nitrogens with zero attached hydrogens (tertiary/aromatic N) is 3. The van der Waals surface area contributed by atoms with Gasteiger partial charge in [-0.2, -0.15) is 0 Å². The number of Topliss-reactive ketones (excluding diaryl/α,β-unsaturated/α-hetero) is 1. The number of halogens is 1. The van der Waals surface area contributed by atoms with Gasteiger partial charge in [-0.15, -0.1) is 0 Å². The second-order valence-corrected chi connectivity index (χ2v) is 8.07. The SMILES string of the molecule is CC(Nc1ncnc2c1C(=O)CCN2)c1cc2cccc(Cl)c2c(=O)n1-c1ccccc1. The van der Waals surface area contributed by atoms with Crippen LogP contribution >= 0.6 is 11.6 Å². The van der Waals surface area contributed by atoms with Crippen molar-refractivity contribution in [2.45, 2.75) is 19.4 Å². The van der Waals surface area contributed by atoms with E-state index in [0.717, 1.165) is 16.8 Å². The van der Waals surface area contributed by atoms with Crippen LogP contribution in [0.1, 0.15) is 35.4 Å². The molecule has 0 bridgehead atoms. The number of aromatic nitrogens is 3. The summed E-state index contributed by atoms with van der Waals surface area (Å²) in [7, 11) is 0. The van der Waals surface area contributed by atoms with E-state index in [2.05, 4.69) is 20.6 Å². The Bertz CT molecular complexity index is 1400. The molecule has 4 aromatic rings. The van der Waals surface area contributed by atoms with Crippen molar-refractivity contribution in [1.29, 1.82) is 0 Å². The van der Waals surface area contributed by atoms with E-state index in [1.165, 1.54) is 6.33 Å². The molecule has 1 unspecified atom stereocenters. The van der Waals surface area contributed by atoms with Crippen LogP contribution in [0, 0.1) is 0 Å². The Hall–Kier alpha value is -3.71. The summed E-state index contributed by atoms with van der Waals surface area (Å²) in [4.78, 5) is 34.6. The maximum atomic E-state index is 13.6. The van der Waals surface area contributed by atoms with Crippen LogP contribution < -0.4 is 16.2 Å². The Balaban J connectivity index is 1.68. The van der Waals surface area contributed by atoms with Crippen molar-refractivity contribution in [3.63, 3.8) is 0 Å². The fraction of sp³-hybridized carbons (Fsp3) is 0.167. The Kier molecular flexibility index (Phi) is 5.11. The predicted octanol–water partition coefficient (Wildman–Crippen LogP) is 4.61. The molecule has 32 heavy (non-hydrogen) atoms. The lowest BCUT2D eigenvalue weighted by atomic mass is 10.0. The molecule has 0 saturated carbocycles. The fourth-order valence-electron chi connectivity index (χ4n) is 4.09. The molecule has 8 heteroatoms. The zero-order chi connectivity index (χ0) is 22.2. The number of hydrogen-bond acceptors (Lipinski definition) is 6. The molecule has 2 aromatic carbocycles. The normalized spacial score (nSPS) is 14.0. The van der Waals surface area contributed by atoms with Crippen LogP contribution in [-0.4, -0.2) is 26.9 Å². The molecule has 0 spiro atoms. The van der Waals surface area contributed by atoms with Gasteiger partial charge in [0.25, 0.3) is 5.56 Å². The maximum absolute atomic E-state index is 13.6. The lowest BCUT2D eigenvalue weighted by Crippen LogP contribution is -2.27. The highest BCUT2D eigenvalue weighted by atomic mass is 35.5. The second-order valence-electron chi connectivity index (χ2n) is 7.66. The summed E-state index contributed by atoms with van der Waals surface area (Å²) in [6.07, 6.45) is 1.80. The van der Waals surface area contributed by atoms with E-state index >= 15 is 0 Å². The third-order valence-corrected chi connectivity index (χ3v) is 5.92. The highest BCUT2D eigenvalue weighted by Gasteiger charge is 2.25. The van der Waals surface area contributed by atoms with Gasteiger partial charge in [-0.1, -0.05) is 41.9 Å². The van der Waals surface area contributed by atoms with Crippen LogP contribution in [0.5, 0.6) is 0 Å². The summed E-state index contributed by atoms with van der Waals surface area (Å²) in [5, 5.41) is 8.09. The monoisotopic (exact) mass is 445 g/mol. The lowest BCUT2D eigenvalue weighted by Gasteiger charge is -2.24. The van der Waals surface area contributed by atoms with Gasteiger partial charge in [0.2, 0.25) is 0 Å². The van der Waals surface area contributed by atoms with Crippen LogP contribution in [-0.2, 0) is 0 Å². The van der Waals surface area contributed by atoms with Crippen molar-refractivity contribution in [3.05, 3.63) is 87.6 Å². The highest BCUT2D eigenvalue weighted by molar-refractivity contribution is 6.35. The van der Waals surface area contributed by atoms with Gasteiger partial charge in [0.1, 0.15) is 23.5 Å². The quantitative estimate of drug-likeness (QED) is 0.477. The molecule has 1 aliphatic rings. The molecule has 0 aliphatic carbocycles. The number of para-hydroxylation sites is 1. The van der Waals surface area contributed by atoms with Crippen molar-refractivity contribution in [2.24, 2.45) is 0 Å². The van der Waals surface area contributed by atoms with Gasteiger partial charge in [-0.3, -0.25) is 14.2 Å². The number of pyridine rings is 1.